The number of hydrogen-bond donors (Lipinski definition) is 0. The molecule has 2 fully saturated rings. The lowest BCUT2D eigenvalue weighted by Gasteiger charge is -2.36. The van der Waals surface area contributed by atoms with Gasteiger partial charge >= 0.3 is 0 Å². The number of nitrogens with zero attached hydrogens (tertiary/aromatic N) is 1. The Morgan fingerprint density at radius 1 is 0.846 bits per heavy atom. The molecule has 2 aliphatic heterocycles. The zero-order valence-corrected chi connectivity index (χ0v) is 16.8. The molecule has 2 heterocycles. The summed E-state index contributed by atoms with van der Waals surface area (Å²) in [5.74, 6) is -1.12. The fourth-order valence-electron chi connectivity index (χ4n) is 2.32. The largest absolute Gasteiger partial charge is 0.388 e. The van der Waals surface area contributed by atoms with Gasteiger partial charge in [-0.05, 0) is 41.5 Å². The summed E-state index contributed by atoms with van der Waals surface area (Å²) < 4.78 is 34.1. The molecular formula is C18H33NO7. The van der Waals surface area contributed by atoms with Crippen molar-refractivity contribution >= 4 is 5.71 Å². The Morgan fingerprint density at radius 3 is 1.58 bits per heavy atom. The van der Waals surface area contributed by atoms with Crippen molar-refractivity contribution < 1.29 is 33.3 Å². The summed E-state index contributed by atoms with van der Waals surface area (Å²) in [5, 5.41) is 4.03. The lowest BCUT2D eigenvalue weighted by molar-refractivity contribution is -0.287. The van der Waals surface area contributed by atoms with Crippen LogP contribution in [-0.4, -0.2) is 75.2 Å². The van der Waals surface area contributed by atoms with Crippen LogP contribution in [0.2, 0.25) is 0 Å². The highest BCUT2D eigenvalue weighted by Gasteiger charge is 2.31. The van der Waals surface area contributed by atoms with E-state index in [1.807, 2.05) is 41.5 Å². The Kier molecular flexibility index (Phi) is 7.81. The topological polar surface area (TPSA) is 77.0 Å². The molecule has 2 saturated heterocycles. The van der Waals surface area contributed by atoms with Crippen LogP contribution in [0.1, 0.15) is 41.5 Å². The SMILES string of the molecule is CC(C)=NOC(COC1COC(C)(C)OC1)COC1COC(C)(C)OC1. The van der Waals surface area contributed by atoms with Gasteiger partial charge in [-0.2, -0.15) is 0 Å². The smallest absolute Gasteiger partial charge is 0.173 e. The van der Waals surface area contributed by atoms with Crippen LogP contribution in [0.15, 0.2) is 5.16 Å². The third-order valence-electron chi connectivity index (χ3n) is 3.89. The average Bonchev–Trinajstić information content (AvgIpc) is 2.56. The van der Waals surface area contributed by atoms with Gasteiger partial charge in [-0.15, -0.1) is 0 Å². The summed E-state index contributed by atoms with van der Waals surface area (Å²) in [6.45, 7) is 13.9. The van der Waals surface area contributed by atoms with Crippen LogP contribution < -0.4 is 0 Å². The van der Waals surface area contributed by atoms with Crippen molar-refractivity contribution in [3.05, 3.63) is 0 Å². The van der Waals surface area contributed by atoms with Crippen molar-refractivity contribution in [2.75, 3.05) is 39.6 Å². The van der Waals surface area contributed by atoms with Crippen molar-refractivity contribution in [2.45, 2.75) is 71.4 Å². The van der Waals surface area contributed by atoms with Crippen LogP contribution in [0, 0.1) is 0 Å². The van der Waals surface area contributed by atoms with E-state index in [9.17, 15) is 0 Å². The van der Waals surface area contributed by atoms with E-state index >= 15 is 0 Å². The molecule has 26 heavy (non-hydrogen) atoms. The summed E-state index contributed by atoms with van der Waals surface area (Å²) >= 11 is 0. The predicted molar refractivity (Wildman–Crippen MR) is 95.1 cm³/mol. The van der Waals surface area contributed by atoms with Gasteiger partial charge in [-0.25, -0.2) is 0 Å². The predicted octanol–water partition coefficient (Wildman–Crippen LogP) is 2.10. The van der Waals surface area contributed by atoms with E-state index < -0.39 is 11.6 Å². The van der Waals surface area contributed by atoms with Crippen molar-refractivity contribution in [2.24, 2.45) is 5.16 Å². The molecule has 0 unspecified atom stereocenters. The molecule has 2 rings (SSSR count). The second-order valence-electron chi connectivity index (χ2n) is 7.72. The molecule has 0 amide bonds. The lowest BCUT2D eigenvalue weighted by Crippen LogP contribution is -2.45. The Morgan fingerprint density at radius 2 is 1.23 bits per heavy atom. The molecule has 8 nitrogen and oxygen atoms in total. The Labute approximate surface area is 156 Å². The number of hydrogen-bond acceptors (Lipinski definition) is 8. The van der Waals surface area contributed by atoms with Crippen LogP contribution in [0.3, 0.4) is 0 Å². The minimum absolute atomic E-state index is 0.136. The molecule has 0 radical (unpaired) electrons. The van der Waals surface area contributed by atoms with E-state index in [0.29, 0.717) is 39.6 Å². The van der Waals surface area contributed by atoms with E-state index in [-0.39, 0.29) is 18.3 Å². The van der Waals surface area contributed by atoms with Crippen LogP contribution in [-0.2, 0) is 33.3 Å². The van der Waals surface area contributed by atoms with Gasteiger partial charge < -0.3 is 33.3 Å². The first-order valence-electron chi connectivity index (χ1n) is 9.11. The maximum absolute atomic E-state index is 5.86. The van der Waals surface area contributed by atoms with E-state index in [1.54, 1.807) is 0 Å². The van der Waals surface area contributed by atoms with Gasteiger partial charge in [0.25, 0.3) is 0 Å². The minimum atomic E-state index is -0.558. The van der Waals surface area contributed by atoms with Gasteiger partial charge in [0.05, 0.1) is 45.4 Å². The van der Waals surface area contributed by atoms with Crippen molar-refractivity contribution in [3.8, 4) is 0 Å². The molecule has 152 valence electrons. The summed E-state index contributed by atoms with van der Waals surface area (Å²) in [5.41, 5.74) is 0.826. The van der Waals surface area contributed by atoms with Gasteiger partial charge in [-0.3, -0.25) is 0 Å². The first kappa shape index (κ1) is 21.5. The molecule has 0 atom stereocenters. The number of ether oxygens (including phenoxy) is 6. The normalized spacial score (nSPS) is 23.8. The van der Waals surface area contributed by atoms with Gasteiger partial charge in [0.1, 0.15) is 12.2 Å². The van der Waals surface area contributed by atoms with Crippen molar-refractivity contribution in [1.29, 1.82) is 0 Å². The van der Waals surface area contributed by atoms with Gasteiger partial charge in [0, 0.05) is 0 Å². The molecule has 0 N–H and O–H groups in total. The third-order valence-corrected chi connectivity index (χ3v) is 3.89. The van der Waals surface area contributed by atoms with Crippen LogP contribution in [0.25, 0.3) is 0 Å². The molecule has 0 bridgehead atoms. The molecule has 0 aromatic heterocycles. The summed E-state index contributed by atoms with van der Waals surface area (Å²) in [6.07, 6.45) is -0.610. The van der Waals surface area contributed by atoms with Crippen molar-refractivity contribution in [1.82, 2.24) is 0 Å². The molecule has 8 heteroatoms. The van der Waals surface area contributed by atoms with Gasteiger partial charge in [-0.1, -0.05) is 5.16 Å². The molecule has 0 aliphatic carbocycles. The Balaban J connectivity index is 1.75. The summed E-state index contributed by atoms with van der Waals surface area (Å²) in [6, 6.07) is 0. The summed E-state index contributed by atoms with van der Waals surface area (Å²) in [7, 11) is 0. The van der Waals surface area contributed by atoms with E-state index in [4.69, 9.17) is 33.3 Å². The van der Waals surface area contributed by atoms with E-state index in [1.165, 1.54) is 0 Å². The zero-order valence-electron chi connectivity index (χ0n) is 16.8. The van der Waals surface area contributed by atoms with Gasteiger partial charge in [0.2, 0.25) is 0 Å². The highest BCUT2D eigenvalue weighted by atomic mass is 16.7. The van der Waals surface area contributed by atoms with E-state index in [2.05, 4.69) is 5.16 Å². The fraction of sp³-hybridized carbons (Fsp3) is 0.944. The van der Waals surface area contributed by atoms with Crippen molar-refractivity contribution in [3.63, 3.8) is 0 Å². The second kappa shape index (κ2) is 9.43. The maximum atomic E-state index is 5.86. The Bertz CT molecular complexity index is 410. The zero-order chi connectivity index (χ0) is 19.2. The quantitative estimate of drug-likeness (QED) is 0.475. The first-order chi connectivity index (χ1) is 12.2. The minimum Gasteiger partial charge on any atom is -0.388 e. The van der Waals surface area contributed by atoms with E-state index in [0.717, 1.165) is 5.71 Å². The molecule has 0 saturated carbocycles. The first-order valence-corrected chi connectivity index (χ1v) is 9.11. The molecule has 0 aromatic carbocycles. The highest BCUT2D eigenvalue weighted by molar-refractivity contribution is 5.78. The molecular weight excluding hydrogens is 342 g/mol. The fourth-order valence-corrected chi connectivity index (χ4v) is 2.32. The molecule has 0 aromatic rings. The second-order valence-corrected chi connectivity index (χ2v) is 7.72. The number of oxime groups is 1. The van der Waals surface area contributed by atoms with Gasteiger partial charge in [0.15, 0.2) is 17.7 Å². The maximum Gasteiger partial charge on any atom is 0.173 e. The third kappa shape index (κ3) is 7.85. The van der Waals surface area contributed by atoms with Crippen LogP contribution >= 0.6 is 0 Å². The number of rotatable bonds is 8. The highest BCUT2D eigenvalue weighted by Crippen LogP contribution is 2.20. The van der Waals surface area contributed by atoms with Crippen LogP contribution in [0.5, 0.6) is 0 Å². The Hall–Kier alpha value is -0.770. The standard InChI is InChI=1S/C18H33NO7/c1-13(2)19-26-16(7-20-14-9-22-17(3,4)23-10-14)8-21-15-11-24-18(5,6)25-12-15/h14-16H,7-12H2,1-6H3. The molecule has 2 aliphatic rings. The van der Waals surface area contributed by atoms with Crippen LogP contribution in [0.4, 0.5) is 0 Å². The summed E-state index contributed by atoms with van der Waals surface area (Å²) in [4.78, 5) is 5.54. The molecule has 0 spiro atoms. The monoisotopic (exact) mass is 375 g/mol. The lowest BCUT2D eigenvalue weighted by atomic mass is 10.3. The average molecular weight is 375 g/mol.